The number of carbonyl (C=O) groups is 1. The lowest BCUT2D eigenvalue weighted by atomic mass is 9.81. The number of carboxylic acid groups (broad SMARTS) is 1. The molecule has 1 aromatic carbocycles. The number of nitro benzene ring substituents is 1. The van der Waals surface area contributed by atoms with Crippen LogP contribution in [0.4, 0.5) is 11.4 Å². The molecule has 6 nitrogen and oxygen atoms in total. The first-order valence-corrected chi connectivity index (χ1v) is 8.24. The van der Waals surface area contributed by atoms with E-state index in [-0.39, 0.29) is 11.3 Å². The molecular weight excluding hydrogens is 296 g/mol. The quantitative estimate of drug-likeness (QED) is 0.634. The molecule has 0 aliphatic carbocycles. The molecule has 0 atom stereocenters. The van der Waals surface area contributed by atoms with Gasteiger partial charge in [-0.1, -0.05) is 26.7 Å². The second-order valence-corrected chi connectivity index (χ2v) is 6.16. The Hall–Kier alpha value is -2.11. The molecule has 1 heterocycles. The monoisotopic (exact) mass is 320 g/mol. The Bertz CT molecular complexity index is 576. The van der Waals surface area contributed by atoms with Gasteiger partial charge in [0, 0.05) is 25.2 Å². The summed E-state index contributed by atoms with van der Waals surface area (Å²) < 4.78 is 0. The van der Waals surface area contributed by atoms with E-state index >= 15 is 0 Å². The second-order valence-electron chi connectivity index (χ2n) is 6.16. The Morgan fingerprint density at radius 2 is 1.96 bits per heavy atom. The van der Waals surface area contributed by atoms with E-state index in [9.17, 15) is 20.0 Å². The zero-order valence-electron chi connectivity index (χ0n) is 13.7. The summed E-state index contributed by atoms with van der Waals surface area (Å²) in [6, 6.07) is 4.11. The predicted octanol–water partition coefficient (Wildman–Crippen LogP) is 3.95. The number of aromatic carboxylic acids is 1. The van der Waals surface area contributed by atoms with Crippen molar-refractivity contribution in [3.63, 3.8) is 0 Å². The second kappa shape index (κ2) is 7.44. The van der Waals surface area contributed by atoms with E-state index in [1.165, 1.54) is 18.9 Å². The van der Waals surface area contributed by atoms with Crippen LogP contribution in [0, 0.1) is 22.0 Å². The number of nitrogens with zero attached hydrogens (tertiary/aromatic N) is 2. The third-order valence-corrected chi connectivity index (χ3v) is 5.02. The van der Waals surface area contributed by atoms with Gasteiger partial charge in [-0.15, -0.1) is 0 Å². The molecule has 6 heteroatoms. The van der Waals surface area contributed by atoms with E-state index in [4.69, 9.17) is 0 Å². The largest absolute Gasteiger partial charge is 0.478 e. The number of rotatable bonds is 6. The Morgan fingerprint density at radius 3 is 2.43 bits per heavy atom. The number of hydrogen-bond donors (Lipinski definition) is 1. The molecular formula is C17H24N2O4. The number of piperidine rings is 1. The van der Waals surface area contributed by atoms with Crippen LogP contribution in [0.3, 0.4) is 0 Å². The smallest absolute Gasteiger partial charge is 0.338 e. The summed E-state index contributed by atoms with van der Waals surface area (Å²) in [6.45, 7) is 6.05. The lowest BCUT2D eigenvalue weighted by molar-refractivity contribution is -0.384. The van der Waals surface area contributed by atoms with Gasteiger partial charge < -0.3 is 10.0 Å². The zero-order chi connectivity index (χ0) is 17.0. The maximum atomic E-state index is 11.5. The highest BCUT2D eigenvalue weighted by Crippen LogP contribution is 2.33. The number of non-ortho nitro benzene ring substituents is 1. The van der Waals surface area contributed by atoms with Crippen LogP contribution in [0.5, 0.6) is 0 Å². The van der Waals surface area contributed by atoms with Gasteiger partial charge in [0.15, 0.2) is 0 Å². The summed E-state index contributed by atoms with van der Waals surface area (Å²) in [6.07, 6.45) is 4.45. The van der Waals surface area contributed by atoms with E-state index in [2.05, 4.69) is 13.8 Å². The van der Waals surface area contributed by atoms with Gasteiger partial charge in [0.2, 0.25) is 0 Å². The first-order valence-electron chi connectivity index (χ1n) is 8.24. The first-order chi connectivity index (χ1) is 11.0. The Labute approximate surface area is 136 Å². The van der Waals surface area contributed by atoms with E-state index < -0.39 is 10.9 Å². The van der Waals surface area contributed by atoms with Gasteiger partial charge in [-0.25, -0.2) is 4.79 Å². The summed E-state index contributed by atoms with van der Waals surface area (Å²) in [7, 11) is 0. The third kappa shape index (κ3) is 3.81. The van der Waals surface area contributed by atoms with Crippen molar-refractivity contribution >= 4 is 17.3 Å². The molecule has 0 saturated carbocycles. The van der Waals surface area contributed by atoms with Crippen molar-refractivity contribution in [2.45, 2.75) is 39.5 Å². The molecule has 1 N–H and O–H groups in total. The minimum absolute atomic E-state index is 0.0141. The predicted molar refractivity (Wildman–Crippen MR) is 89.1 cm³/mol. The molecule has 0 bridgehead atoms. The first kappa shape index (κ1) is 17.2. The molecule has 1 saturated heterocycles. The van der Waals surface area contributed by atoms with E-state index in [1.807, 2.05) is 4.90 Å². The van der Waals surface area contributed by atoms with Crippen molar-refractivity contribution in [3.05, 3.63) is 33.9 Å². The number of carboxylic acids is 1. The van der Waals surface area contributed by atoms with Crippen molar-refractivity contribution in [1.29, 1.82) is 0 Å². The van der Waals surface area contributed by atoms with Crippen molar-refractivity contribution in [2.75, 3.05) is 18.0 Å². The number of nitro groups is 1. The van der Waals surface area contributed by atoms with Crippen LogP contribution in [-0.2, 0) is 0 Å². The van der Waals surface area contributed by atoms with Crippen molar-refractivity contribution < 1.29 is 14.8 Å². The maximum absolute atomic E-state index is 11.5. The fraction of sp³-hybridized carbons (Fsp3) is 0.588. The number of benzene rings is 1. The normalized spacial score (nSPS) is 15.9. The Balaban J connectivity index is 2.17. The standard InChI is InChI=1S/C17H24N2O4/c1-3-12(4-2)13-7-9-18(10-8-13)16-6-5-14(19(22)23)11-15(16)17(20)21/h5-6,11-13H,3-4,7-10H2,1-2H3,(H,20,21). The molecule has 1 aliphatic rings. The molecule has 0 amide bonds. The van der Waals surface area contributed by atoms with Gasteiger partial charge in [0.25, 0.3) is 5.69 Å². The van der Waals surface area contributed by atoms with Crippen LogP contribution in [-0.4, -0.2) is 29.1 Å². The molecule has 126 valence electrons. The van der Waals surface area contributed by atoms with Crippen LogP contribution < -0.4 is 4.90 Å². The third-order valence-electron chi connectivity index (χ3n) is 5.02. The maximum Gasteiger partial charge on any atom is 0.338 e. The van der Waals surface area contributed by atoms with Gasteiger partial charge in [-0.3, -0.25) is 10.1 Å². The summed E-state index contributed by atoms with van der Waals surface area (Å²) in [4.78, 5) is 23.8. The SMILES string of the molecule is CCC(CC)C1CCN(c2ccc([N+](=O)[O-])cc2C(=O)O)CC1. The fourth-order valence-electron chi connectivity index (χ4n) is 3.65. The van der Waals surface area contributed by atoms with Crippen LogP contribution >= 0.6 is 0 Å². The number of anilines is 1. The molecule has 0 radical (unpaired) electrons. The minimum Gasteiger partial charge on any atom is -0.478 e. The van der Waals surface area contributed by atoms with Gasteiger partial charge in [0.05, 0.1) is 16.2 Å². The molecule has 1 aromatic rings. The summed E-state index contributed by atoms with van der Waals surface area (Å²) in [5.74, 6) is 0.298. The van der Waals surface area contributed by atoms with Gasteiger partial charge >= 0.3 is 5.97 Å². The van der Waals surface area contributed by atoms with Crippen molar-refractivity contribution in [3.8, 4) is 0 Å². The lowest BCUT2D eigenvalue weighted by Gasteiger charge is -2.37. The molecule has 0 aromatic heterocycles. The van der Waals surface area contributed by atoms with Crippen LogP contribution in [0.15, 0.2) is 18.2 Å². The average Bonchev–Trinajstić information content (AvgIpc) is 2.56. The summed E-state index contributed by atoms with van der Waals surface area (Å²) >= 11 is 0. The highest BCUT2D eigenvalue weighted by molar-refractivity contribution is 5.95. The molecule has 2 rings (SSSR count). The lowest BCUT2D eigenvalue weighted by Crippen LogP contribution is -2.36. The van der Waals surface area contributed by atoms with Gasteiger partial charge in [0.1, 0.15) is 0 Å². The summed E-state index contributed by atoms with van der Waals surface area (Å²) in [5, 5.41) is 20.2. The minimum atomic E-state index is -1.12. The highest BCUT2D eigenvalue weighted by Gasteiger charge is 2.27. The molecule has 0 unspecified atom stereocenters. The van der Waals surface area contributed by atoms with E-state index in [0.29, 0.717) is 11.6 Å². The van der Waals surface area contributed by atoms with E-state index in [1.54, 1.807) is 6.07 Å². The molecule has 1 fully saturated rings. The number of hydrogen-bond acceptors (Lipinski definition) is 4. The van der Waals surface area contributed by atoms with Gasteiger partial charge in [-0.2, -0.15) is 0 Å². The topological polar surface area (TPSA) is 83.7 Å². The molecule has 0 spiro atoms. The molecule has 1 aliphatic heterocycles. The van der Waals surface area contributed by atoms with E-state index in [0.717, 1.165) is 37.9 Å². The van der Waals surface area contributed by atoms with Crippen LogP contribution in [0.25, 0.3) is 0 Å². The van der Waals surface area contributed by atoms with Crippen molar-refractivity contribution in [2.24, 2.45) is 11.8 Å². The Morgan fingerprint density at radius 1 is 1.35 bits per heavy atom. The highest BCUT2D eigenvalue weighted by atomic mass is 16.6. The van der Waals surface area contributed by atoms with Crippen LogP contribution in [0.1, 0.15) is 49.9 Å². The zero-order valence-corrected chi connectivity index (χ0v) is 13.7. The van der Waals surface area contributed by atoms with Crippen LogP contribution in [0.2, 0.25) is 0 Å². The van der Waals surface area contributed by atoms with Crippen molar-refractivity contribution in [1.82, 2.24) is 0 Å². The molecule has 23 heavy (non-hydrogen) atoms. The Kier molecular flexibility index (Phi) is 5.58. The average molecular weight is 320 g/mol. The summed E-state index contributed by atoms with van der Waals surface area (Å²) in [5.41, 5.74) is 0.421. The fourth-order valence-corrected chi connectivity index (χ4v) is 3.65. The van der Waals surface area contributed by atoms with Gasteiger partial charge in [-0.05, 0) is 30.7 Å².